The fraction of sp³-hybridized carbons (Fsp3) is 0.448. The molecule has 2 saturated heterocycles. The van der Waals surface area contributed by atoms with Gasteiger partial charge in [0.1, 0.15) is 5.52 Å². The van der Waals surface area contributed by atoms with E-state index in [4.69, 9.17) is 14.5 Å². The first-order valence-electron chi connectivity index (χ1n) is 13.8. The van der Waals surface area contributed by atoms with Crippen molar-refractivity contribution in [2.45, 2.75) is 51.3 Å². The zero-order valence-corrected chi connectivity index (χ0v) is 23.0. The van der Waals surface area contributed by atoms with Gasteiger partial charge in [0.25, 0.3) is 5.91 Å². The Kier molecular flexibility index (Phi) is 7.24. The van der Waals surface area contributed by atoms with Crippen LogP contribution >= 0.6 is 0 Å². The van der Waals surface area contributed by atoms with Gasteiger partial charge in [-0.3, -0.25) is 9.48 Å². The van der Waals surface area contributed by atoms with Crippen LogP contribution in [0.3, 0.4) is 0 Å². The normalized spacial score (nSPS) is 21.3. The summed E-state index contributed by atoms with van der Waals surface area (Å²) >= 11 is 0. The first-order valence-corrected chi connectivity index (χ1v) is 13.8. The van der Waals surface area contributed by atoms with Gasteiger partial charge in [0.2, 0.25) is 0 Å². The molecule has 3 atom stereocenters. The number of fused-ring (bicyclic) bond motifs is 2. The number of aryl methyl sites for hydroxylation is 1. The van der Waals surface area contributed by atoms with E-state index in [2.05, 4.69) is 39.5 Å². The first-order chi connectivity index (χ1) is 19.3. The van der Waals surface area contributed by atoms with Crippen molar-refractivity contribution in [3.8, 4) is 6.01 Å². The second-order valence-corrected chi connectivity index (χ2v) is 10.8. The zero-order valence-electron chi connectivity index (χ0n) is 23.0. The number of nitrogens with one attached hydrogen (secondary N) is 2. The van der Waals surface area contributed by atoms with Crippen LogP contribution in [0.2, 0.25) is 0 Å². The zero-order chi connectivity index (χ0) is 27.8. The minimum absolute atomic E-state index is 0.197. The maximum Gasteiger partial charge on any atom is 0.316 e. The molecule has 0 saturated carbocycles. The van der Waals surface area contributed by atoms with E-state index in [0.29, 0.717) is 40.8 Å². The minimum Gasteiger partial charge on any atom is -0.463 e. The summed E-state index contributed by atoms with van der Waals surface area (Å²) in [6, 6.07) is 7.52. The predicted octanol–water partition coefficient (Wildman–Crippen LogP) is 4.04. The third-order valence-corrected chi connectivity index (χ3v) is 7.48. The van der Waals surface area contributed by atoms with Crippen molar-refractivity contribution in [1.29, 1.82) is 0 Å². The lowest BCUT2D eigenvalue weighted by molar-refractivity contribution is 0.0889. The Morgan fingerprint density at radius 3 is 2.83 bits per heavy atom. The van der Waals surface area contributed by atoms with E-state index in [1.54, 1.807) is 36.3 Å². The van der Waals surface area contributed by atoms with Crippen LogP contribution in [-0.4, -0.2) is 70.1 Å². The summed E-state index contributed by atoms with van der Waals surface area (Å²) in [6.07, 6.45) is 6.49. The number of rotatable bonds is 7. The Morgan fingerprint density at radius 1 is 1.23 bits per heavy atom. The van der Waals surface area contributed by atoms with Crippen LogP contribution in [-0.2, 0) is 11.8 Å². The predicted molar refractivity (Wildman–Crippen MR) is 152 cm³/mol. The van der Waals surface area contributed by atoms with Gasteiger partial charge < -0.3 is 25.0 Å². The first kappa shape index (κ1) is 26.4. The number of halogens is 1. The molecule has 1 unspecified atom stereocenters. The summed E-state index contributed by atoms with van der Waals surface area (Å²) in [4.78, 5) is 25.1. The average molecular weight is 548 g/mol. The lowest BCUT2D eigenvalue weighted by atomic mass is 10.0. The van der Waals surface area contributed by atoms with Gasteiger partial charge in [-0.25, -0.2) is 9.37 Å². The smallest absolute Gasteiger partial charge is 0.316 e. The highest BCUT2D eigenvalue weighted by molar-refractivity contribution is 6.14. The number of aromatic nitrogens is 4. The molecule has 0 spiro atoms. The number of anilines is 2. The van der Waals surface area contributed by atoms with E-state index in [-0.39, 0.29) is 17.6 Å². The number of benzene rings is 2. The number of hydrogen-bond donors (Lipinski definition) is 2. The molecule has 11 heteroatoms. The highest BCUT2D eigenvalue weighted by Gasteiger charge is 2.25. The van der Waals surface area contributed by atoms with E-state index in [1.165, 1.54) is 6.07 Å². The van der Waals surface area contributed by atoms with Crippen LogP contribution in [0.5, 0.6) is 6.01 Å². The van der Waals surface area contributed by atoms with Gasteiger partial charge in [-0.15, -0.1) is 0 Å². The van der Waals surface area contributed by atoms with Crippen LogP contribution in [0.25, 0.3) is 21.8 Å². The third-order valence-electron chi connectivity index (χ3n) is 7.48. The number of carbonyl (C=O) groups excluding carboxylic acids is 1. The Morgan fingerprint density at radius 2 is 2.05 bits per heavy atom. The second kappa shape index (κ2) is 11.0. The molecule has 40 heavy (non-hydrogen) atoms. The number of nitrogens with zero attached hydrogens (tertiary/aromatic N) is 5. The highest BCUT2D eigenvalue weighted by atomic mass is 19.1. The maximum absolute atomic E-state index is 14.7. The number of ether oxygens (including phenoxy) is 2. The summed E-state index contributed by atoms with van der Waals surface area (Å²) in [5.41, 5.74) is 2.40. The van der Waals surface area contributed by atoms with Crippen molar-refractivity contribution in [3.05, 3.63) is 48.0 Å². The molecule has 2 N–H and O–H groups in total. The minimum atomic E-state index is -0.500. The summed E-state index contributed by atoms with van der Waals surface area (Å²) in [6.45, 7) is 7.15. The van der Waals surface area contributed by atoms with Gasteiger partial charge in [0, 0.05) is 79.8 Å². The number of piperazine rings is 1. The Bertz CT molecular complexity index is 1540. The van der Waals surface area contributed by atoms with Gasteiger partial charge in [-0.2, -0.15) is 10.1 Å². The summed E-state index contributed by atoms with van der Waals surface area (Å²) < 4.78 is 27.8. The van der Waals surface area contributed by atoms with E-state index in [9.17, 15) is 9.18 Å². The van der Waals surface area contributed by atoms with Crippen molar-refractivity contribution in [2.24, 2.45) is 7.05 Å². The van der Waals surface area contributed by atoms with Crippen LogP contribution in [0, 0.1) is 5.82 Å². The molecule has 2 aromatic carbocycles. The molecule has 2 aromatic heterocycles. The highest BCUT2D eigenvalue weighted by Crippen LogP contribution is 2.31. The van der Waals surface area contributed by atoms with E-state index in [0.717, 1.165) is 50.0 Å². The fourth-order valence-electron chi connectivity index (χ4n) is 5.78. The molecule has 0 aliphatic carbocycles. The monoisotopic (exact) mass is 547 g/mol. The maximum atomic E-state index is 14.7. The third kappa shape index (κ3) is 5.44. The molecule has 0 radical (unpaired) electrons. The topological polar surface area (TPSA) is 106 Å². The average Bonchev–Trinajstić information content (AvgIpc) is 3.56. The van der Waals surface area contributed by atoms with Crippen molar-refractivity contribution in [3.63, 3.8) is 0 Å². The van der Waals surface area contributed by atoms with Crippen molar-refractivity contribution < 1.29 is 18.7 Å². The summed E-state index contributed by atoms with van der Waals surface area (Å²) in [5.74, 6) is -0.898. The van der Waals surface area contributed by atoms with Gasteiger partial charge in [0.05, 0.1) is 23.8 Å². The van der Waals surface area contributed by atoms with Crippen LogP contribution in [0.1, 0.15) is 43.5 Å². The number of carbonyl (C=O) groups is 1. The summed E-state index contributed by atoms with van der Waals surface area (Å²) in [7, 11) is 1.73. The van der Waals surface area contributed by atoms with Crippen molar-refractivity contribution in [2.75, 3.05) is 36.5 Å². The molecule has 0 bridgehead atoms. The largest absolute Gasteiger partial charge is 0.463 e. The summed E-state index contributed by atoms with van der Waals surface area (Å²) in [5, 5.41) is 11.9. The van der Waals surface area contributed by atoms with E-state index < -0.39 is 11.7 Å². The lowest BCUT2D eigenvalue weighted by Crippen LogP contribution is -2.54. The van der Waals surface area contributed by atoms with E-state index >= 15 is 0 Å². The van der Waals surface area contributed by atoms with E-state index in [1.807, 2.05) is 6.07 Å². The molecule has 10 nitrogen and oxygen atoms in total. The molecule has 6 rings (SSSR count). The number of amides is 1. The number of hydrogen-bond acceptors (Lipinski definition) is 8. The van der Waals surface area contributed by atoms with Crippen LogP contribution in [0.4, 0.5) is 15.8 Å². The second-order valence-electron chi connectivity index (χ2n) is 10.8. The quantitative estimate of drug-likeness (QED) is 0.357. The standard InChI is InChI=1S/C29H34FN7O3/c1-17-14-37(15-18(2)32-17)25-7-6-22(28(38)33-20-11-19-16-36(3)35-26(19)24(30)12-20)27-23(25)13-31-29(34-27)40-10-8-21-5-4-9-39-21/h6-7,11-13,16-18,21,32H,4-5,8-10,14-15H2,1-3H3,(H,33,38)/t17-,18+,21?. The molecule has 1 amide bonds. The molecule has 210 valence electrons. The molecular weight excluding hydrogens is 513 g/mol. The fourth-order valence-corrected chi connectivity index (χ4v) is 5.78. The molecule has 4 heterocycles. The molecule has 4 aromatic rings. The van der Waals surface area contributed by atoms with Gasteiger partial charge in [-0.1, -0.05) is 0 Å². The van der Waals surface area contributed by atoms with Crippen LogP contribution in [0.15, 0.2) is 36.7 Å². The SMILES string of the molecule is C[C@@H]1CN(c2ccc(C(=O)Nc3cc(F)c4nn(C)cc4c3)c3nc(OCCC4CCCO4)ncc23)C[C@H](C)N1. The molecular formula is C29H34FN7O3. The lowest BCUT2D eigenvalue weighted by Gasteiger charge is -2.38. The van der Waals surface area contributed by atoms with Crippen molar-refractivity contribution >= 4 is 39.1 Å². The van der Waals surface area contributed by atoms with Gasteiger partial charge >= 0.3 is 6.01 Å². The Labute approximate surface area is 231 Å². The van der Waals surface area contributed by atoms with Crippen LogP contribution < -0.4 is 20.3 Å². The molecule has 2 aliphatic heterocycles. The van der Waals surface area contributed by atoms with Gasteiger partial charge in [-0.05, 0) is 51.0 Å². The van der Waals surface area contributed by atoms with Crippen molar-refractivity contribution in [1.82, 2.24) is 25.1 Å². The molecule has 2 aliphatic rings. The Balaban J connectivity index is 1.33. The molecule has 2 fully saturated rings. The Hall–Kier alpha value is -3.83. The van der Waals surface area contributed by atoms with Gasteiger partial charge in [0.15, 0.2) is 5.82 Å².